The Hall–Kier alpha value is -2.02. The maximum Gasteiger partial charge on any atom is 0.245 e. The molecule has 0 atom stereocenters. The van der Waals surface area contributed by atoms with E-state index >= 15 is 0 Å². The molecule has 0 unspecified atom stereocenters. The van der Waals surface area contributed by atoms with Crippen molar-refractivity contribution in [1.29, 1.82) is 0 Å². The molecule has 6 nitrogen and oxygen atoms in total. The van der Waals surface area contributed by atoms with E-state index in [0.29, 0.717) is 17.5 Å². The van der Waals surface area contributed by atoms with E-state index in [1.807, 2.05) is 0 Å². The Labute approximate surface area is 110 Å². The van der Waals surface area contributed by atoms with E-state index in [9.17, 15) is 4.39 Å². The molecule has 1 fully saturated rings. The van der Waals surface area contributed by atoms with Crippen molar-refractivity contribution in [1.82, 2.24) is 25.5 Å². The molecule has 2 N–H and O–H groups in total. The molecule has 0 spiro atoms. The first-order valence-electron chi connectivity index (χ1n) is 6.33. The zero-order valence-corrected chi connectivity index (χ0v) is 10.4. The van der Waals surface area contributed by atoms with Crippen molar-refractivity contribution in [3.63, 3.8) is 0 Å². The number of aromatic amines is 1. The van der Waals surface area contributed by atoms with Crippen molar-refractivity contribution < 1.29 is 4.39 Å². The van der Waals surface area contributed by atoms with Gasteiger partial charge in [0.15, 0.2) is 5.82 Å². The van der Waals surface area contributed by atoms with E-state index in [2.05, 4.69) is 30.4 Å². The fraction of sp³-hybridized carbons (Fsp3) is 0.417. The normalized spacial score (nSPS) is 16.4. The summed E-state index contributed by atoms with van der Waals surface area (Å²) in [5, 5.41) is 10.4. The highest BCUT2D eigenvalue weighted by Crippen LogP contribution is 2.16. The Kier molecular flexibility index (Phi) is 3.37. The topological polar surface area (TPSA) is 69.7 Å². The van der Waals surface area contributed by atoms with E-state index in [1.54, 1.807) is 6.07 Å². The van der Waals surface area contributed by atoms with Gasteiger partial charge in [0.05, 0.1) is 6.20 Å². The fourth-order valence-corrected chi connectivity index (χ4v) is 2.07. The average molecular weight is 262 g/mol. The molecule has 0 aliphatic carbocycles. The molecule has 2 aromatic heterocycles. The Morgan fingerprint density at radius 2 is 2.16 bits per heavy atom. The van der Waals surface area contributed by atoms with Crippen molar-refractivity contribution in [2.75, 3.05) is 31.1 Å². The van der Waals surface area contributed by atoms with E-state index in [-0.39, 0.29) is 5.82 Å². The van der Waals surface area contributed by atoms with Gasteiger partial charge in [0.1, 0.15) is 11.5 Å². The van der Waals surface area contributed by atoms with Crippen molar-refractivity contribution in [2.24, 2.45) is 0 Å². The molecule has 1 saturated heterocycles. The molecule has 1 aliphatic rings. The summed E-state index contributed by atoms with van der Waals surface area (Å²) >= 11 is 0. The number of rotatable bonds is 2. The van der Waals surface area contributed by atoms with Crippen LogP contribution in [0.15, 0.2) is 18.3 Å². The largest absolute Gasteiger partial charge is 0.338 e. The van der Waals surface area contributed by atoms with Gasteiger partial charge in [-0.3, -0.25) is 5.10 Å². The minimum Gasteiger partial charge on any atom is -0.338 e. The van der Waals surface area contributed by atoms with Crippen LogP contribution in [0.5, 0.6) is 0 Å². The summed E-state index contributed by atoms with van der Waals surface area (Å²) in [6.45, 7) is 3.77. The molecule has 2 aromatic rings. The van der Waals surface area contributed by atoms with Gasteiger partial charge in [-0.2, -0.15) is 4.98 Å². The molecule has 0 amide bonds. The van der Waals surface area contributed by atoms with Crippen LogP contribution < -0.4 is 10.2 Å². The molecule has 0 aromatic carbocycles. The molecular weight excluding hydrogens is 247 g/mol. The van der Waals surface area contributed by atoms with Crippen LogP contribution in [0.25, 0.3) is 11.5 Å². The summed E-state index contributed by atoms with van der Waals surface area (Å²) in [6, 6.07) is 2.95. The second kappa shape index (κ2) is 5.31. The van der Waals surface area contributed by atoms with Crippen LogP contribution in [0.1, 0.15) is 6.42 Å². The maximum atomic E-state index is 12.8. The van der Waals surface area contributed by atoms with Crippen molar-refractivity contribution in [2.45, 2.75) is 6.42 Å². The lowest BCUT2D eigenvalue weighted by atomic mass is 10.3. The van der Waals surface area contributed by atoms with Gasteiger partial charge in [0.2, 0.25) is 5.95 Å². The highest BCUT2D eigenvalue weighted by Gasteiger charge is 2.15. The number of aromatic nitrogens is 4. The quantitative estimate of drug-likeness (QED) is 0.838. The number of hydrogen-bond donors (Lipinski definition) is 2. The third-order valence-corrected chi connectivity index (χ3v) is 3.07. The lowest BCUT2D eigenvalue weighted by Crippen LogP contribution is -2.28. The Bertz CT molecular complexity index is 529. The summed E-state index contributed by atoms with van der Waals surface area (Å²) < 4.78 is 12.8. The van der Waals surface area contributed by atoms with Crippen LogP contribution in [0.4, 0.5) is 10.3 Å². The SMILES string of the molecule is Fc1ccc(-c2nc(N3CCCNCC3)n[nH]2)nc1. The highest BCUT2D eigenvalue weighted by atomic mass is 19.1. The van der Waals surface area contributed by atoms with Gasteiger partial charge in [-0.1, -0.05) is 0 Å². The summed E-state index contributed by atoms with van der Waals surface area (Å²) in [6.07, 6.45) is 2.24. The van der Waals surface area contributed by atoms with Crippen LogP contribution >= 0.6 is 0 Å². The van der Waals surface area contributed by atoms with E-state index in [1.165, 1.54) is 12.3 Å². The first kappa shape index (κ1) is 12.0. The molecule has 0 saturated carbocycles. The second-order valence-corrected chi connectivity index (χ2v) is 4.44. The summed E-state index contributed by atoms with van der Waals surface area (Å²) in [5.74, 6) is 0.874. The Morgan fingerprint density at radius 3 is 3.00 bits per heavy atom. The van der Waals surface area contributed by atoms with Gasteiger partial charge in [-0.05, 0) is 25.1 Å². The number of halogens is 1. The third kappa shape index (κ3) is 2.70. The second-order valence-electron chi connectivity index (χ2n) is 4.44. The van der Waals surface area contributed by atoms with Crippen LogP contribution in [0.2, 0.25) is 0 Å². The number of nitrogens with one attached hydrogen (secondary N) is 2. The predicted molar refractivity (Wildman–Crippen MR) is 69.3 cm³/mol. The van der Waals surface area contributed by atoms with E-state index < -0.39 is 0 Å². The minimum atomic E-state index is -0.359. The minimum absolute atomic E-state index is 0.359. The van der Waals surface area contributed by atoms with Crippen molar-refractivity contribution >= 4 is 5.95 Å². The standard InChI is InChI=1S/C12H15FN6/c13-9-2-3-10(15-8-9)11-16-12(18-17-11)19-6-1-4-14-5-7-19/h2-3,8,14H,1,4-7H2,(H,16,17,18). The first-order valence-corrected chi connectivity index (χ1v) is 6.33. The molecule has 7 heteroatoms. The van der Waals surface area contributed by atoms with Crippen LogP contribution in [-0.4, -0.2) is 46.3 Å². The smallest absolute Gasteiger partial charge is 0.245 e. The maximum absolute atomic E-state index is 12.8. The number of pyridine rings is 1. The van der Waals surface area contributed by atoms with Gasteiger partial charge < -0.3 is 10.2 Å². The molecule has 1 aliphatic heterocycles. The number of hydrogen-bond acceptors (Lipinski definition) is 5. The third-order valence-electron chi connectivity index (χ3n) is 3.07. The van der Waals surface area contributed by atoms with Crippen LogP contribution in [0.3, 0.4) is 0 Å². The first-order chi connectivity index (χ1) is 9.33. The molecule has 19 heavy (non-hydrogen) atoms. The average Bonchev–Trinajstić information content (AvgIpc) is 2.76. The fourth-order valence-electron chi connectivity index (χ4n) is 2.07. The van der Waals surface area contributed by atoms with Gasteiger partial charge in [-0.25, -0.2) is 9.37 Å². The lowest BCUT2D eigenvalue weighted by molar-refractivity contribution is 0.621. The monoisotopic (exact) mass is 262 g/mol. The number of nitrogens with zero attached hydrogens (tertiary/aromatic N) is 4. The Morgan fingerprint density at radius 1 is 1.21 bits per heavy atom. The zero-order chi connectivity index (χ0) is 13.1. The van der Waals surface area contributed by atoms with E-state index in [4.69, 9.17) is 0 Å². The molecule has 3 heterocycles. The van der Waals surface area contributed by atoms with Crippen molar-refractivity contribution in [3.05, 3.63) is 24.1 Å². The van der Waals surface area contributed by atoms with Gasteiger partial charge >= 0.3 is 0 Å². The van der Waals surface area contributed by atoms with Crippen LogP contribution in [0, 0.1) is 5.82 Å². The van der Waals surface area contributed by atoms with Gasteiger partial charge in [0.25, 0.3) is 0 Å². The molecule has 3 rings (SSSR count). The van der Waals surface area contributed by atoms with Crippen LogP contribution in [-0.2, 0) is 0 Å². The summed E-state index contributed by atoms with van der Waals surface area (Å²) in [4.78, 5) is 10.5. The van der Waals surface area contributed by atoms with Gasteiger partial charge in [-0.15, -0.1) is 5.10 Å². The Balaban J connectivity index is 1.80. The number of H-pyrrole nitrogens is 1. The number of anilines is 1. The van der Waals surface area contributed by atoms with Crippen molar-refractivity contribution in [3.8, 4) is 11.5 Å². The molecule has 0 radical (unpaired) electrons. The predicted octanol–water partition coefficient (Wildman–Crippen LogP) is 0.805. The van der Waals surface area contributed by atoms with E-state index in [0.717, 1.165) is 32.6 Å². The summed E-state index contributed by atoms with van der Waals surface area (Å²) in [7, 11) is 0. The molecular formula is C12H15FN6. The highest BCUT2D eigenvalue weighted by molar-refractivity contribution is 5.50. The summed E-state index contributed by atoms with van der Waals surface area (Å²) in [5.41, 5.74) is 0.591. The zero-order valence-electron chi connectivity index (χ0n) is 10.4. The van der Waals surface area contributed by atoms with Gasteiger partial charge in [0, 0.05) is 19.6 Å². The molecule has 0 bridgehead atoms. The molecule has 100 valence electrons. The lowest BCUT2D eigenvalue weighted by Gasteiger charge is -2.16.